The van der Waals surface area contributed by atoms with E-state index >= 15 is 0 Å². The van der Waals surface area contributed by atoms with E-state index in [1.54, 1.807) is 18.2 Å². The Kier molecular flexibility index (Phi) is 2.99. The first-order valence-electron chi connectivity index (χ1n) is 5.23. The van der Waals surface area contributed by atoms with Gasteiger partial charge < -0.3 is 4.90 Å². The topological polar surface area (TPSA) is 33.2 Å². The van der Waals surface area contributed by atoms with Crippen molar-refractivity contribution in [3.8, 4) is 0 Å². The van der Waals surface area contributed by atoms with E-state index in [2.05, 4.69) is 4.98 Å². The zero-order valence-corrected chi connectivity index (χ0v) is 9.11. The maximum Gasteiger partial charge on any atom is 0.161 e. The summed E-state index contributed by atoms with van der Waals surface area (Å²) in [4.78, 5) is 17.1. The van der Waals surface area contributed by atoms with Crippen LogP contribution in [0.4, 0.5) is 10.2 Å². The van der Waals surface area contributed by atoms with Gasteiger partial charge in [0.1, 0.15) is 11.6 Å². The number of Topliss-reactive ketones (excluding diaryl/α,β-unsaturated/α-hetero) is 1. The number of halogens is 1. The molecule has 0 unspecified atom stereocenters. The summed E-state index contributed by atoms with van der Waals surface area (Å²) < 4.78 is 13.1. The Labute approximate surface area is 93.6 Å². The lowest BCUT2D eigenvalue weighted by molar-refractivity contribution is 0.101. The summed E-state index contributed by atoms with van der Waals surface area (Å²) in [5.74, 6) is 0.584. The highest BCUT2D eigenvalue weighted by Crippen LogP contribution is 2.18. The Bertz CT molecular complexity index is 425. The quantitative estimate of drug-likeness (QED) is 0.717. The lowest BCUT2D eigenvalue weighted by atomic mass is 10.2. The van der Waals surface area contributed by atoms with Gasteiger partial charge in [0, 0.05) is 18.3 Å². The van der Waals surface area contributed by atoms with E-state index in [0.717, 1.165) is 6.54 Å². The molecule has 0 aromatic carbocycles. The molecule has 0 spiro atoms. The van der Waals surface area contributed by atoms with Crippen LogP contribution in [0.25, 0.3) is 0 Å². The second-order valence-electron chi connectivity index (χ2n) is 3.82. The van der Waals surface area contributed by atoms with E-state index < -0.39 is 0 Å². The number of carbonyl (C=O) groups excluding carboxylic acids is 1. The SMILES string of the molecule is CC(=O)c1ccc(N2CCC=C(F)C2)nc1. The molecule has 0 amide bonds. The van der Waals surface area contributed by atoms with E-state index in [-0.39, 0.29) is 18.2 Å². The molecule has 2 heterocycles. The van der Waals surface area contributed by atoms with Crippen LogP contribution >= 0.6 is 0 Å². The average molecular weight is 220 g/mol. The molecule has 1 aliphatic rings. The van der Waals surface area contributed by atoms with Crippen LogP contribution in [0.3, 0.4) is 0 Å². The third-order valence-corrected chi connectivity index (χ3v) is 2.59. The summed E-state index contributed by atoms with van der Waals surface area (Å²) in [5, 5.41) is 0. The van der Waals surface area contributed by atoms with Crippen LogP contribution in [0, 0.1) is 0 Å². The third-order valence-electron chi connectivity index (χ3n) is 2.59. The lowest BCUT2D eigenvalue weighted by Gasteiger charge is -2.25. The third kappa shape index (κ3) is 2.27. The first kappa shape index (κ1) is 10.8. The van der Waals surface area contributed by atoms with Gasteiger partial charge in [-0.25, -0.2) is 9.37 Å². The number of hydrogen-bond acceptors (Lipinski definition) is 3. The maximum atomic E-state index is 13.1. The van der Waals surface area contributed by atoms with Crippen molar-refractivity contribution in [3.63, 3.8) is 0 Å². The molecular weight excluding hydrogens is 207 g/mol. The van der Waals surface area contributed by atoms with Crippen molar-refractivity contribution in [2.75, 3.05) is 18.0 Å². The van der Waals surface area contributed by atoms with Gasteiger partial charge in [-0.2, -0.15) is 0 Å². The van der Waals surface area contributed by atoms with Crippen LogP contribution < -0.4 is 4.90 Å². The molecule has 1 aliphatic heterocycles. The lowest BCUT2D eigenvalue weighted by Crippen LogP contribution is -2.29. The molecule has 0 saturated heterocycles. The van der Waals surface area contributed by atoms with Crippen molar-refractivity contribution < 1.29 is 9.18 Å². The number of pyridine rings is 1. The first-order chi connectivity index (χ1) is 7.66. The van der Waals surface area contributed by atoms with Gasteiger partial charge >= 0.3 is 0 Å². The summed E-state index contributed by atoms with van der Waals surface area (Å²) in [7, 11) is 0. The van der Waals surface area contributed by atoms with E-state index in [9.17, 15) is 9.18 Å². The standard InChI is InChI=1S/C12H13FN2O/c1-9(16)10-4-5-12(14-7-10)15-6-2-3-11(13)8-15/h3-5,7H,2,6,8H2,1H3. The van der Waals surface area contributed by atoms with Crippen LogP contribution in [0.2, 0.25) is 0 Å². The Morgan fingerprint density at radius 2 is 2.31 bits per heavy atom. The van der Waals surface area contributed by atoms with Crippen LogP contribution in [-0.2, 0) is 0 Å². The summed E-state index contributed by atoms with van der Waals surface area (Å²) in [6.45, 7) is 2.53. The number of hydrogen-bond donors (Lipinski definition) is 0. The molecule has 2 rings (SSSR count). The van der Waals surface area contributed by atoms with Gasteiger partial charge in [0.15, 0.2) is 5.78 Å². The summed E-state index contributed by atoms with van der Waals surface area (Å²) >= 11 is 0. The number of ketones is 1. The minimum Gasteiger partial charge on any atom is -0.350 e. The molecule has 0 aliphatic carbocycles. The van der Waals surface area contributed by atoms with Gasteiger partial charge in [-0.15, -0.1) is 0 Å². The van der Waals surface area contributed by atoms with Crippen molar-refractivity contribution in [2.24, 2.45) is 0 Å². The molecule has 3 nitrogen and oxygen atoms in total. The van der Waals surface area contributed by atoms with Crippen LogP contribution in [0.1, 0.15) is 23.7 Å². The summed E-state index contributed by atoms with van der Waals surface area (Å²) in [5.41, 5.74) is 0.580. The first-order valence-corrected chi connectivity index (χ1v) is 5.23. The molecule has 16 heavy (non-hydrogen) atoms. The van der Waals surface area contributed by atoms with Crippen LogP contribution in [0.5, 0.6) is 0 Å². The zero-order chi connectivity index (χ0) is 11.5. The zero-order valence-electron chi connectivity index (χ0n) is 9.11. The van der Waals surface area contributed by atoms with E-state index in [1.165, 1.54) is 13.1 Å². The smallest absolute Gasteiger partial charge is 0.161 e. The number of nitrogens with zero attached hydrogens (tertiary/aromatic N) is 2. The fourth-order valence-electron chi connectivity index (χ4n) is 1.68. The summed E-state index contributed by atoms with van der Waals surface area (Å²) in [6.07, 6.45) is 3.83. The van der Waals surface area contributed by atoms with Crippen molar-refractivity contribution in [2.45, 2.75) is 13.3 Å². The predicted octanol–water partition coefficient (Wildman–Crippen LogP) is 2.35. The highest BCUT2D eigenvalue weighted by molar-refractivity contribution is 5.93. The molecule has 0 atom stereocenters. The average Bonchev–Trinajstić information content (AvgIpc) is 2.29. The molecule has 4 heteroatoms. The number of carbonyl (C=O) groups is 1. The monoisotopic (exact) mass is 220 g/mol. The maximum absolute atomic E-state index is 13.1. The van der Waals surface area contributed by atoms with E-state index in [4.69, 9.17) is 0 Å². The Morgan fingerprint density at radius 3 is 2.88 bits per heavy atom. The second kappa shape index (κ2) is 4.43. The van der Waals surface area contributed by atoms with Gasteiger partial charge in [0.2, 0.25) is 0 Å². The molecule has 84 valence electrons. The molecule has 0 bridgehead atoms. The van der Waals surface area contributed by atoms with Crippen LogP contribution in [0.15, 0.2) is 30.2 Å². The highest BCUT2D eigenvalue weighted by atomic mass is 19.1. The molecule has 1 aromatic heterocycles. The van der Waals surface area contributed by atoms with E-state index in [0.29, 0.717) is 17.8 Å². The molecule has 1 aromatic rings. The molecule has 0 N–H and O–H groups in total. The fourth-order valence-corrected chi connectivity index (χ4v) is 1.68. The highest BCUT2D eigenvalue weighted by Gasteiger charge is 2.14. The van der Waals surface area contributed by atoms with Crippen LogP contribution in [-0.4, -0.2) is 23.9 Å². The number of anilines is 1. The fraction of sp³-hybridized carbons (Fsp3) is 0.333. The minimum absolute atomic E-state index is 0.0104. The number of rotatable bonds is 2. The van der Waals surface area contributed by atoms with Gasteiger partial charge in [0.25, 0.3) is 0 Å². The molecular formula is C12H13FN2O. The van der Waals surface area contributed by atoms with Gasteiger partial charge in [-0.05, 0) is 31.6 Å². The largest absolute Gasteiger partial charge is 0.350 e. The Hall–Kier alpha value is -1.71. The van der Waals surface area contributed by atoms with Crippen molar-refractivity contribution in [1.29, 1.82) is 0 Å². The number of aromatic nitrogens is 1. The summed E-state index contributed by atoms with van der Waals surface area (Å²) in [6, 6.07) is 3.48. The van der Waals surface area contributed by atoms with Crippen molar-refractivity contribution in [3.05, 3.63) is 35.8 Å². The van der Waals surface area contributed by atoms with E-state index in [1.807, 2.05) is 4.90 Å². The van der Waals surface area contributed by atoms with Gasteiger partial charge in [-0.1, -0.05) is 0 Å². The Morgan fingerprint density at radius 1 is 1.50 bits per heavy atom. The predicted molar refractivity (Wildman–Crippen MR) is 60.3 cm³/mol. The molecule has 0 fully saturated rings. The normalized spacial score (nSPS) is 15.9. The van der Waals surface area contributed by atoms with Crippen molar-refractivity contribution >= 4 is 11.6 Å². The minimum atomic E-state index is -0.122. The molecule has 0 radical (unpaired) electrons. The molecule has 0 saturated carbocycles. The Balaban J connectivity index is 2.16. The second-order valence-corrected chi connectivity index (χ2v) is 3.82. The van der Waals surface area contributed by atoms with Gasteiger partial charge in [0.05, 0.1) is 6.54 Å². The van der Waals surface area contributed by atoms with Gasteiger partial charge in [-0.3, -0.25) is 4.79 Å². The van der Waals surface area contributed by atoms with Crippen molar-refractivity contribution in [1.82, 2.24) is 4.98 Å².